The minimum Gasteiger partial charge on any atom is -0.493 e. The average Bonchev–Trinajstić information content (AvgIpc) is 2.84. The Bertz CT molecular complexity index is 1400. The molecule has 7 nitrogen and oxygen atoms in total. The maximum absolute atomic E-state index is 13.1. The lowest BCUT2D eigenvalue weighted by Gasteiger charge is -2.37. The van der Waals surface area contributed by atoms with Crippen LogP contribution in [-0.4, -0.2) is 27.1 Å². The van der Waals surface area contributed by atoms with Gasteiger partial charge in [0.05, 0.1) is 12.1 Å². The number of dihydropyridines is 1. The fraction of sp³-hybridized carbons (Fsp3) is 0.308. The maximum Gasteiger partial charge on any atom is 0.339 e. The van der Waals surface area contributed by atoms with Gasteiger partial charge in [0.25, 0.3) is 0 Å². The fourth-order valence-electron chi connectivity index (χ4n) is 5.06. The monoisotopic (exact) mass is 547 g/mol. The first-order valence-electron chi connectivity index (χ1n) is 11.6. The Labute approximate surface area is 219 Å². The highest BCUT2D eigenvalue weighted by molar-refractivity contribution is 7.87. The molecule has 1 aliphatic heterocycles. The van der Waals surface area contributed by atoms with E-state index >= 15 is 0 Å². The van der Waals surface area contributed by atoms with Crippen molar-refractivity contribution in [1.29, 1.82) is 0 Å². The standard InChI is InChI=1S/C26H23Cl2NO6S/c1-34-22-13-14(12-17(28)26(22)35-36(32,33)16-10-8-15(27)9-11-16)23-24-18(4-2-6-20(24)30)29-19-5-3-7-21(31)25(19)23/h8-13,23,29H,2-7H2,1H3. The molecule has 2 aromatic carbocycles. The molecule has 0 atom stereocenters. The van der Waals surface area contributed by atoms with E-state index < -0.39 is 16.0 Å². The second-order valence-corrected chi connectivity index (χ2v) is 11.3. The maximum atomic E-state index is 13.1. The van der Waals surface area contributed by atoms with Gasteiger partial charge >= 0.3 is 10.1 Å². The molecule has 10 heteroatoms. The molecule has 0 spiro atoms. The number of methoxy groups -OCH3 is 1. The molecule has 0 bridgehead atoms. The molecule has 5 rings (SSSR count). The Hall–Kier alpha value is -2.81. The van der Waals surface area contributed by atoms with Crippen LogP contribution in [0.5, 0.6) is 11.5 Å². The number of Topliss-reactive ketones (excluding diaryl/α,β-unsaturated/α-hetero) is 2. The molecular weight excluding hydrogens is 525 g/mol. The lowest BCUT2D eigenvalue weighted by Crippen LogP contribution is -2.36. The van der Waals surface area contributed by atoms with Crippen LogP contribution >= 0.6 is 23.2 Å². The number of halogens is 2. The zero-order valence-electron chi connectivity index (χ0n) is 19.4. The van der Waals surface area contributed by atoms with E-state index in [1.165, 1.54) is 31.4 Å². The van der Waals surface area contributed by atoms with Crippen molar-refractivity contribution in [1.82, 2.24) is 5.32 Å². The van der Waals surface area contributed by atoms with Crippen LogP contribution < -0.4 is 14.2 Å². The Kier molecular flexibility index (Phi) is 6.61. The van der Waals surface area contributed by atoms with Gasteiger partial charge in [-0.3, -0.25) is 9.59 Å². The van der Waals surface area contributed by atoms with Gasteiger partial charge in [-0.2, -0.15) is 8.42 Å². The third-order valence-corrected chi connectivity index (χ3v) is 8.44. The van der Waals surface area contributed by atoms with Gasteiger partial charge < -0.3 is 14.2 Å². The first-order valence-corrected chi connectivity index (χ1v) is 13.7. The summed E-state index contributed by atoms with van der Waals surface area (Å²) in [7, 11) is -2.87. The molecule has 0 radical (unpaired) electrons. The first kappa shape index (κ1) is 24.9. The van der Waals surface area contributed by atoms with Crippen LogP contribution in [0.2, 0.25) is 10.0 Å². The van der Waals surface area contributed by atoms with Gasteiger partial charge in [-0.15, -0.1) is 0 Å². The van der Waals surface area contributed by atoms with Crippen molar-refractivity contribution in [3.63, 3.8) is 0 Å². The number of ketones is 2. The summed E-state index contributed by atoms with van der Waals surface area (Å²) in [5.74, 6) is -0.742. The molecule has 0 aromatic heterocycles. The van der Waals surface area contributed by atoms with Crippen molar-refractivity contribution < 1.29 is 26.9 Å². The molecule has 1 N–H and O–H groups in total. The second kappa shape index (κ2) is 9.57. The zero-order chi connectivity index (χ0) is 25.6. The molecule has 2 aliphatic carbocycles. The molecular formula is C26H23Cl2NO6S. The van der Waals surface area contributed by atoms with Crippen LogP contribution in [0.4, 0.5) is 0 Å². The zero-order valence-corrected chi connectivity index (χ0v) is 21.7. The Morgan fingerprint density at radius 3 is 2.03 bits per heavy atom. The smallest absolute Gasteiger partial charge is 0.339 e. The molecule has 0 saturated heterocycles. The van der Waals surface area contributed by atoms with Crippen molar-refractivity contribution in [3.05, 3.63) is 74.5 Å². The van der Waals surface area contributed by atoms with E-state index in [1.807, 2.05) is 0 Å². The van der Waals surface area contributed by atoms with Crippen LogP contribution in [-0.2, 0) is 19.7 Å². The molecule has 3 aliphatic rings. The SMILES string of the molecule is COc1cc(C2C3=C(CCCC3=O)NC3=C2C(=O)CCC3)cc(Cl)c1OS(=O)(=O)c1ccc(Cl)cc1. The summed E-state index contributed by atoms with van der Waals surface area (Å²) in [5.41, 5.74) is 3.38. The highest BCUT2D eigenvalue weighted by Crippen LogP contribution is 2.48. The van der Waals surface area contributed by atoms with Gasteiger partial charge in [0.2, 0.25) is 5.75 Å². The lowest BCUT2D eigenvalue weighted by atomic mass is 9.71. The number of hydrogen-bond donors (Lipinski definition) is 1. The van der Waals surface area contributed by atoms with E-state index in [1.54, 1.807) is 12.1 Å². The largest absolute Gasteiger partial charge is 0.493 e. The van der Waals surface area contributed by atoms with E-state index in [0.29, 0.717) is 47.4 Å². The van der Waals surface area contributed by atoms with Crippen molar-refractivity contribution >= 4 is 44.9 Å². The molecule has 1 heterocycles. The second-order valence-electron chi connectivity index (χ2n) is 8.92. The number of ether oxygens (including phenoxy) is 1. The number of carbonyl (C=O) groups excluding carboxylic acids is 2. The summed E-state index contributed by atoms with van der Waals surface area (Å²) in [6.45, 7) is 0. The minimum absolute atomic E-state index is 0.0144. The van der Waals surface area contributed by atoms with Gasteiger partial charge in [0, 0.05) is 46.3 Å². The number of carbonyl (C=O) groups is 2. The molecule has 188 valence electrons. The number of hydrogen-bond acceptors (Lipinski definition) is 7. The molecule has 0 fully saturated rings. The first-order chi connectivity index (χ1) is 17.2. The van der Waals surface area contributed by atoms with Gasteiger partial charge in [0.15, 0.2) is 17.3 Å². The average molecular weight is 548 g/mol. The summed E-state index contributed by atoms with van der Waals surface area (Å²) in [6.07, 6.45) is 3.72. The van der Waals surface area contributed by atoms with Crippen LogP contribution in [0.3, 0.4) is 0 Å². The topological polar surface area (TPSA) is 98.8 Å². The van der Waals surface area contributed by atoms with E-state index in [9.17, 15) is 18.0 Å². The summed E-state index contributed by atoms with van der Waals surface area (Å²) in [5, 5.41) is 3.73. The van der Waals surface area contributed by atoms with E-state index in [2.05, 4.69) is 5.32 Å². The Balaban J connectivity index is 1.61. The lowest BCUT2D eigenvalue weighted by molar-refractivity contribution is -0.117. The summed E-state index contributed by atoms with van der Waals surface area (Å²) >= 11 is 12.4. The molecule has 36 heavy (non-hydrogen) atoms. The van der Waals surface area contributed by atoms with Crippen molar-refractivity contribution in [3.8, 4) is 11.5 Å². The van der Waals surface area contributed by atoms with Gasteiger partial charge in [0.1, 0.15) is 4.90 Å². The van der Waals surface area contributed by atoms with E-state index in [4.69, 9.17) is 32.1 Å². The normalized spacial score (nSPS) is 18.5. The fourth-order valence-corrected chi connectivity index (χ4v) is 6.45. The number of nitrogens with one attached hydrogen (secondary N) is 1. The van der Waals surface area contributed by atoms with Gasteiger partial charge in [-0.25, -0.2) is 0 Å². The highest BCUT2D eigenvalue weighted by Gasteiger charge is 2.41. The Morgan fingerprint density at radius 2 is 1.47 bits per heavy atom. The summed E-state index contributed by atoms with van der Waals surface area (Å²) in [6, 6.07) is 8.67. The molecule has 0 amide bonds. The molecule has 0 unspecified atom stereocenters. The van der Waals surface area contributed by atoms with Crippen molar-refractivity contribution in [2.45, 2.75) is 49.3 Å². The summed E-state index contributed by atoms with van der Waals surface area (Å²) in [4.78, 5) is 26.0. The number of benzene rings is 2. The quantitative estimate of drug-likeness (QED) is 0.495. The third kappa shape index (κ3) is 4.42. The Morgan fingerprint density at radius 1 is 0.889 bits per heavy atom. The van der Waals surface area contributed by atoms with E-state index in [0.717, 1.165) is 24.2 Å². The minimum atomic E-state index is -4.24. The predicted molar refractivity (Wildman–Crippen MR) is 135 cm³/mol. The number of allylic oxidation sites excluding steroid dienone is 4. The van der Waals surface area contributed by atoms with Crippen molar-refractivity contribution in [2.24, 2.45) is 0 Å². The van der Waals surface area contributed by atoms with Gasteiger partial charge in [-0.05, 0) is 67.6 Å². The molecule has 0 saturated carbocycles. The molecule has 2 aromatic rings. The predicted octanol–water partition coefficient (Wildman–Crippen LogP) is 5.47. The van der Waals surface area contributed by atoms with E-state index in [-0.39, 0.29) is 33.0 Å². The highest BCUT2D eigenvalue weighted by atomic mass is 35.5. The van der Waals surface area contributed by atoms with Crippen LogP contribution in [0, 0.1) is 0 Å². The van der Waals surface area contributed by atoms with Crippen LogP contribution in [0.1, 0.15) is 50.0 Å². The number of rotatable bonds is 5. The summed E-state index contributed by atoms with van der Waals surface area (Å²) < 4.78 is 36.6. The van der Waals surface area contributed by atoms with Crippen molar-refractivity contribution in [2.75, 3.05) is 7.11 Å². The van der Waals surface area contributed by atoms with Crippen LogP contribution in [0.25, 0.3) is 0 Å². The third-order valence-electron chi connectivity index (χ3n) is 6.67. The van der Waals surface area contributed by atoms with Gasteiger partial charge in [-0.1, -0.05) is 23.2 Å². The van der Waals surface area contributed by atoms with Crippen LogP contribution in [0.15, 0.2) is 63.8 Å².